The second-order valence-electron chi connectivity index (χ2n) is 11.4. The Morgan fingerprint density at radius 2 is 1.80 bits per heavy atom. The highest BCUT2D eigenvalue weighted by Gasteiger charge is 2.27. The second kappa shape index (κ2) is 12.7. The molecule has 3 heterocycles. The van der Waals surface area contributed by atoms with E-state index in [0.717, 1.165) is 62.9 Å². The number of likely N-dealkylation sites (tertiary alicyclic amines) is 1. The van der Waals surface area contributed by atoms with Gasteiger partial charge < -0.3 is 25.6 Å². The highest BCUT2D eigenvalue weighted by atomic mass is 16.5. The van der Waals surface area contributed by atoms with E-state index >= 15 is 0 Å². The molecular formula is C30H40N8O3. The summed E-state index contributed by atoms with van der Waals surface area (Å²) < 4.78 is 7.96. The highest BCUT2D eigenvalue weighted by Crippen LogP contribution is 2.28. The molecule has 2 aliphatic rings. The van der Waals surface area contributed by atoms with Crippen LogP contribution < -0.4 is 20.7 Å². The van der Waals surface area contributed by atoms with Crippen LogP contribution in [0.5, 0.6) is 6.01 Å². The van der Waals surface area contributed by atoms with E-state index in [2.05, 4.69) is 53.4 Å². The quantitative estimate of drug-likeness (QED) is 0.332. The number of carbonyl (C=O) groups excluding carboxylic acids is 2. The molecule has 5 rings (SSSR count). The first kappa shape index (κ1) is 28.5. The summed E-state index contributed by atoms with van der Waals surface area (Å²) in [6, 6.07) is 7.98. The number of nitrogens with zero attached hydrogens (tertiary/aromatic N) is 5. The maximum atomic E-state index is 13.0. The Hall–Kier alpha value is -3.99. The van der Waals surface area contributed by atoms with Crippen LogP contribution in [-0.4, -0.2) is 68.6 Å². The second-order valence-corrected chi connectivity index (χ2v) is 11.4. The lowest BCUT2D eigenvalue weighted by molar-refractivity contribution is -0.121. The zero-order valence-corrected chi connectivity index (χ0v) is 24.1. The Labute approximate surface area is 240 Å². The fraction of sp³-hybridized carbons (Fsp3) is 0.500. The minimum absolute atomic E-state index is 0.0115. The molecule has 3 aromatic rings. The number of ether oxygens (including phenoxy) is 1. The van der Waals surface area contributed by atoms with Crippen molar-refractivity contribution in [2.75, 3.05) is 30.8 Å². The molecule has 0 bridgehead atoms. The van der Waals surface area contributed by atoms with E-state index < -0.39 is 0 Å². The molecule has 1 aliphatic heterocycles. The Kier molecular flexibility index (Phi) is 8.82. The van der Waals surface area contributed by atoms with Crippen LogP contribution in [0.1, 0.15) is 63.9 Å². The topological polar surface area (TPSA) is 126 Å². The van der Waals surface area contributed by atoms with Gasteiger partial charge in [0.2, 0.25) is 17.8 Å². The first-order valence-corrected chi connectivity index (χ1v) is 14.5. The summed E-state index contributed by atoms with van der Waals surface area (Å²) in [7, 11) is 2.12. The lowest BCUT2D eigenvalue weighted by Gasteiger charge is -2.28. The summed E-state index contributed by atoms with van der Waals surface area (Å²) in [5.41, 5.74) is 3.18. The van der Waals surface area contributed by atoms with Crippen LogP contribution in [0.3, 0.4) is 0 Å². The number of carbonyl (C=O) groups is 2. The molecule has 3 N–H and O–H groups in total. The van der Waals surface area contributed by atoms with Crippen molar-refractivity contribution in [2.24, 2.45) is 5.92 Å². The largest absolute Gasteiger partial charge is 0.460 e. The van der Waals surface area contributed by atoms with Gasteiger partial charge in [0.15, 0.2) is 5.65 Å². The van der Waals surface area contributed by atoms with E-state index in [1.165, 1.54) is 6.08 Å². The number of amides is 2. The average Bonchev–Trinajstić information content (AvgIpc) is 3.39. The Morgan fingerprint density at radius 1 is 1.07 bits per heavy atom. The molecule has 1 saturated heterocycles. The molecule has 0 unspecified atom stereocenters. The molecule has 0 spiro atoms. The fourth-order valence-corrected chi connectivity index (χ4v) is 5.48. The van der Waals surface area contributed by atoms with Crippen LogP contribution in [0, 0.1) is 5.92 Å². The summed E-state index contributed by atoms with van der Waals surface area (Å²) in [6.45, 7) is 9.68. The smallest absolute Gasteiger partial charge is 0.322 e. The molecule has 1 saturated carbocycles. The van der Waals surface area contributed by atoms with Crippen molar-refractivity contribution < 1.29 is 14.3 Å². The van der Waals surface area contributed by atoms with Crippen molar-refractivity contribution in [3.63, 3.8) is 0 Å². The predicted octanol–water partition coefficient (Wildman–Crippen LogP) is 4.26. The zero-order chi connectivity index (χ0) is 28.9. The standard InChI is InChI=1S/C30H40N8O3/c1-5-26(39)32-21-11-9-20(10-12-21)28(40)33-22-7-6-8-23(17-22)34-29-36-30(41-24-13-15-37(4)16-14-24)35-27-25(19(2)3)18-31-38(27)29/h5-8,17-21,24H,1,9-16H2,2-4H3,(H,32,39)(H,33,40)(H,34,35,36)/t20-,21+. The fourth-order valence-electron chi connectivity index (χ4n) is 5.48. The number of benzene rings is 1. The Bertz CT molecular complexity index is 1390. The van der Waals surface area contributed by atoms with Crippen molar-refractivity contribution in [1.82, 2.24) is 29.8 Å². The van der Waals surface area contributed by atoms with Crippen LogP contribution >= 0.6 is 0 Å². The number of rotatable bonds is 9. The van der Waals surface area contributed by atoms with Crippen LogP contribution in [-0.2, 0) is 9.59 Å². The minimum atomic E-state index is -0.167. The average molecular weight is 561 g/mol. The molecule has 2 amide bonds. The van der Waals surface area contributed by atoms with Gasteiger partial charge >= 0.3 is 6.01 Å². The van der Waals surface area contributed by atoms with E-state index in [0.29, 0.717) is 23.3 Å². The SMILES string of the molecule is C=CC(=O)N[C@H]1CC[C@@H](C(=O)Nc2cccc(Nc3nc(OC4CCN(C)CC4)nc4c(C(C)C)cnn34)c2)CC1. The maximum Gasteiger partial charge on any atom is 0.322 e. The molecule has 218 valence electrons. The normalized spacial score (nSPS) is 20.1. The number of fused-ring (bicyclic) bond motifs is 1. The molecule has 0 radical (unpaired) electrons. The van der Waals surface area contributed by atoms with Gasteiger partial charge in [-0.05, 0) is 75.8 Å². The molecule has 11 heteroatoms. The summed E-state index contributed by atoms with van der Waals surface area (Å²) in [4.78, 5) is 36.3. The van der Waals surface area contributed by atoms with Crippen molar-refractivity contribution in [3.8, 4) is 6.01 Å². The Balaban J connectivity index is 1.29. The lowest BCUT2D eigenvalue weighted by Crippen LogP contribution is -2.38. The van der Waals surface area contributed by atoms with E-state index in [9.17, 15) is 9.59 Å². The molecule has 11 nitrogen and oxygen atoms in total. The van der Waals surface area contributed by atoms with Crippen molar-refractivity contribution in [1.29, 1.82) is 0 Å². The van der Waals surface area contributed by atoms with Crippen molar-refractivity contribution >= 4 is 34.8 Å². The molecule has 1 aromatic carbocycles. The zero-order valence-electron chi connectivity index (χ0n) is 24.1. The van der Waals surface area contributed by atoms with Gasteiger partial charge in [-0.15, -0.1) is 0 Å². The van der Waals surface area contributed by atoms with Gasteiger partial charge in [-0.3, -0.25) is 9.59 Å². The molecular weight excluding hydrogens is 520 g/mol. The molecule has 1 aliphatic carbocycles. The first-order valence-electron chi connectivity index (χ1n) is 14.5. The van der Waals surface area contributed by atoms with Gasteiger partial charge in [-0.2, -0.15) is 19.6 Å². The number of nitrogens with one attached hydrogen (secondary N) is 3. The van der Waals surface area contributed by atoms with Gasteiger partial charge in [0.05, 0.1) is 6.20 Å². The van der Waals surface area contributed by atoms with Crippen molar-refractivity contribution in [2.45, 2.75) is 70.4 Å². The van der Waals surface area contributed by atoms with Crippen LogP contribution in [0.25, 0.3) is 5.65 Å². The van der Waals surface area contributed by atoms with Gasteiger partial charge in [-0.25, -0.2) is 0 Å². The third-order valence-corrected chi connectivity index (χ3v) is 7.95. The number of anilines is 3. The summed E-state index contributed by atoms with van der Waals surface area (Å²) in [5, 5.41) is 13.9. The van der Waals surface area contributed by atoms with Gasteiger partial charge in [-0.1, -0.05) is 26.5 Å². The van der Waals surface area contributed by atoms with E-state index in [1.807, 2.05) is 30.5 Å². The van der Waals surface area contributed by atoms with E-state index in [1.54, 1.807) is 4.52 Å². The van der Waals surface area contributed by atoms with Gasteiger partial charge in [0.25, 0.3) is 0 Å². The number of hydrogen-bond acceptors (Lipinski definition) is 8. The number of aromatic nitrogens is 4. The van der Waals surface area contributed by atoms with Crippen LogP contribution in [0.2, 0.25) is 0 Å². The monoisotopic (exact) mass is 560 g/mol. The van der Waals surface area contributed by atoms with Crippen LogP contribution in [0.15, 0.2) is 43.1 Å². The van der Waals surface area contributed by atoms with Gasteiger partial charge in [0.1, 0.15) is 6.10 Å². The van der Waals surface area contributed by atoms with E-state index in [-0.39, 0.29) is 35.8 Å². The molecule has 2 aromatic heterocycles. The van der Waals surface area contributed by atoms with Crippen LogP contribution in [0.4, 0.5) is 17.3 Å². The third-order valence-electron chi connectivity index (χ3n) is 7.95. The highest BCUT2D eigenvalue weighted by molar-refractivity contribution is 5.93. The number of hydrogen-bond donors (Lipinski definition) is 3. The number of piperidine rings is 1. The Morgan fingerprint density at radius 3 is 2.51 bits per heavy atom. The summed E-state index contributed by atoms with van der Waals surface area (Å²) in [5.74, 6) is 0.455. The molecule has 0 atom stereocenters. The maximum absolute atomic E-state index is 13.0. The van der Waals surface area contributed by atoms with E-state index in [4.69, 9.17) is 14.7 Å². The molecule has 2 fully saturated rings. The first-order chi connectivity index (χ1) is 19.8. The minimum Gasteiger partial charge on any atom is -0.460 e. The molecule has 41 heavy (non-hydrogen) atoms. The third kappa shape index (κ3) is 7.02. The lowest BCUT2D eigenvalue weighted by atomic mass is 9.85. The van der Waals surface area contributed by atoms with Gasteiger partial charge in [0, 0.05) is 42.0 Å². The van der Waals surface area contributed by atoms with Crippen molar-refractivity contribution in [3.05, 3.63) is 48.7 Å². The summed E-state index contributed by atoms with van der Waals surface area (Å²) >= 11 is 0. The summed E-state index contributed by atoms with van der Waals surface area (Å²) in [6.07, 6.45) is 8.02. The predicted molar refractivity (Wildman–Crippen MR) is 158 cm³/mol.